The summed E-state index contributed by atoms with van der Waals surface area (Å²) in [6, 6.07) is 2.37. The van der Waals surface area contributed by atoms with Crippen LogP contribution in [0.25, 0.3) is 5.57 Å². The maximum Gasteiger partial charge on any atom is 0.277 e. The number of hydrogen-bond donors (Lipinski definition) is 0. The van der Waals surface area contributed by atoms with Gasteiger partial charge in [-0.15, -0.1) is 0 Å². The summed E-state index contributed by atoms with van der Waals surface area (Å²) in [6.45, 7) is 6.67. The first-order chi connectivity index (χ1) is 6.43. The van der Waals surface area contributed by atoms with Crippen LogP contribution in [0.4, 0.5) is 10.1 Å². The predicted octanol–water partition coefficient (Wildman–Crippen LogP) is 3.08. The first-order valence-electron chi connectivity index (χ1n) is 4.04. The van der Waals surface area contributed by atoms with Gasteiger partial charge in [0.15, 0.2) is 0 Å². The molecule has 0 bridgehead atoms. The van der Waals surface area contributed by atoms with Gasteiger partial charge in [0.05, 0.1) is 10.5 Å². The third-order valence-corrected chi connectivity index (χ3v) is 1.93. The maximum atomic E-state index is 13.1. The Labute approximate surface area is 81.0 Å². The number of nitro benzene ring substituents is 1. The molecule has 1 aromatic carbocycles. The second-order valence-electron chi connectivity index (χ2n) is 3.16. The van der Waals surface area contributed by atoms with Crippen molar-refractivity contribution in [2.45, 2.75) is 13.8 Å². The van der Waals surface area contributed by atoms with E-state index >= 15 is 0 Å². The van der Waals surface area contributed by atoms with Gasteiger partial charge in [0.25, 0.3) is 5.69 Å². The number of halogens is 1. The molecule has 4 heteroatoms. The predicted molar refractivity (Wildman–Crippen MR) is 52.5 cm³/mol. The lowest BCUT2D eigenvalue weighted by Crippen LogP contribution is -1.96. The SMILES string of the molecule is C=C(C)c1cc(F)c(C)cc1[N+](=O)[O-]. The van der Waals surface area contributed by atoms with Gasteiger partial charge < -0.3 is 0 Å². The van der Waals surface area contributed by atoms with Crippen molar-refractivity contribution < 1.29 is 9.31 Å². The van der Waals surface area contributed by atoms with Gasteiger partial charge in [-0.05, 0) is 31.1 Å². The molecule has 0 saturated heterocycles. The number of aryl methyl sites for hydroxylation is 1. The third kappa shape index (κ3) is 1.79. The minimum atomic E-state index is -0.531. The molecule has 0 spiro atoms. The van der Waals surface area contributed by atoms with Crippen LogP contribution in [0.1, 0.15) is 18.1 Å². The van der Waals surface area contributed by atoms with Crippen LogP contribution in [-0.4, -0.2) is 4.92 Å². The molecule has 14 heavy (non-hydrogen) atoms. The molecule has 0 heterocycles. The molecule has 0 N–H and O–H groups in total. The van der Waals surface area contributed by atoms with Gasteiger partial charge in [-0.3, -0.25) is 10.1 Å². The minimum absolute atomic E-state index is 0.101. The molecule has 0 fully saturated rings. The Morgan fingerprint density at radius 3 is 2.57 bits per heavy atom. The summed E-state index contributed by atoms with van der Waals surface area (Å²) < 4.78 is 13.1. The molecule has 0 amide bonds. The molecule has 0 aromatic heterocycles. The number of hydrogen-bond acceptors (Lipinski definition) is 2. The zero-order valence-corrected chi connectivity index (χ0v) is 8.00. The van der Waals surface area contributed by atoms with Crippen LogP contribution in [0.5, 0.6) is 0 Å². The average Bonchev–Trinajstić information content (AvgIpc) is 2.08. The standard InChI is InChI=1S/C10H10FNO2/c1-6(2)8-5-9(11)7(3)4-10(8)12(13)14/h4-5H,1H2,2-3H3. The summed E-state index contributed by atoms with van der Waals surface area (Å²) in [7, 11) is 0. The summed E-state index contributed by atoms with van der Waals surface area (Å²) in [4.78, 5) is 10.1. The van der Waals surface area contributed by atoms with Crippen LogP contribution in [0.3, 0.4) is 0 Å². The molecule has 0 radical (unpaired) electrons. The number of allylic oxidation sites excluding steroid dienone is 1. The smallest absolute Gasteiger partial charge is 0.258 e. The molecule has 0 aliphatic rings. The molecule has 0 unspecified atom stereocenters. The highest BCUT2D eigenvalue weighted by atomic mass is 19.1. The molecule has 0 aliphatic carbocycles. The Bertz CT molecular complexity index is 374. The molecule has 0 atom stereocenters. The maximum absolute atomic E-state index is 13.1. The lowest BCUT2D eigenvalue weighted by Gasteiger charge is -2.03. The first kappa shape index (κ1) is 10.4. The minimum Gasteiger partial charge on any atom is -0.258 e. The quantitative estimate of drug-likeness (QED) is 0.537. The fourth-order valence-corrected chi connectivity index (χ4v) is 1.16. The van der Waals surface area contributed by atoms with E-state index in [1.165, 1.54) is 13.0 Å². The van der Waals surface area contributed by atoms with E-state index in [-0.39, 0.29) is 16.8 Å². The summed E-state index contributed by atoms with van der Waals surface area (Å²) in [6.07, 6.45) is 0. The normalized spacial score (nSPS) is 9.93. The fraction of sp³-hybridized carbons (Fsp3) is 0.200. The zero-order valence-electron chi connectivity index (χ0n) is 8.00. The van der Waals surface area contributed by atoms with Crippen molar-refractivity contribution in [1.29, 1.82) is 0 Å². The fourth-order valence-electron chi connectivity index (χ4n) is 1.16. The molecule has 0 saturated carbocycles. The van der Waals surface area contributed by atoms with Crippen molar-refractivity contribution in [2.24, 2.45) is 0 Å². The van der Waals surface area contributed by atoms with Crippen molar-refractivity contribution in [2.75, 3.05) is 0 Å². The number of nitro groups is 1. The average molecular weight is 195 g/mol. The van der Waals surface area contributed by atoms with Gasteiger partial charge in [0.1, 0.15) is 5.82 Å². The highest BCUT2D eigenvalue weighted by Gasteiger charge is 2.16. The second-order valence-corrected chi connectivity index (χ2v) is 3.16. The van der Waals surface area contributed by atoms with Crippen molar-refractivity contribution in [3.8, 4) is 0 Å². The van der Waals surface area contributed by atoms with Crippen LogP contribution in [0.2, 0.25) is 0 Å². The Hall–Kier alpha value is -1.71. The van der Waals surface area contributed by atoms with Gasteiger partial charge in [-0.2, -0.15) is 0 Å². The summed E-state index contributed by atoms with van der Waals surface area (Å²) in [5, 5.41) is 10.6. The summed E-state index contributed by atoms with van der Waals surface area (Å²) in [5.41, 5.74) is 0.895. The van der Waals surface area contributed by atoms with Gasteiger partial charge in [-0.1, -0.05) is 6.58 Å². The highest BCUT2D eigenvalue weighted by molar-refractivity contribution is 5.70. The van der Waals surface area contributed by atoms with E-state index in [4.69, 9.17) is 0 Å². The molecular weight excluding hydrogens is 185 g/mol. The second kappa shape index (κ2) is 3.57. The topological polar surface area (TPSA) is 43.1 Å². The largest absolute Gasteiger partial charge is 0.277 e. The zero-order chi connectivity index (χ0) is 10.9. The molecule has 3 nitrogen and oxygen atoms in total. The van der Waals surface area contributed by atoms with Crippen molar-refractivity contribution in [3.63, 3.8) is 0 Å². The Balaban J connectivity index is 3.46. The summed E-state index contributed by atoms with van der Waals surface area (Å²) >= 11 is 0. The van der Waals surface area contributed by atoms with Crippen molar-refractivity contribution in [1.82, 2.24) is 0 Å². The third-order valence-electron chi connectivity index (χ3n) is 1.93. The lowest BCUT2D eigenvalue weighted by atomic mass is 10.0. The number of benzene rings is 1. The van der Waals surface area contributed by atoms with Crippen LogP contribution >= 0.6 is 0 Å². The van der Waals surface area contributed by atoms with Gasteiger partial charge in [-0.25, -0.2) is 4.39 Å². The van der Waals surface area contributed by atoms with Gasteiger partial charge in [0, 0.05) is 6.07 Å². The first-order valence-corrected chi connectivity index (χ1v) is 4.04. The van der Waals surface area contributed by atoms with E-state index in [0.29, 0.717) is 5.57 Å². The monoisotopic (exact) mass is 195 g/mol. The lowest BCUT2D eigenvalue weighted by molar-refractivity contribution is -0.385. The Morgan fingerprint density at radius 2 is 2.14 bits per heavy atom. The van der Waals surface area contributed by atoms with E-state index in [1.807, 2.05) is 0 Å². The molecular formula is C10H10FNO2. The molecule has 1 rings (SSSR count). The van der Waals surface area contributed by atoms with Crippen molar-refractivity contribution >= 4 is 11.3 Å². The van der Waals surface area contributed by atoms with E-state index in [0.717, 1.165) is 6.07 Å². The van der Waals surface area contributed by atoms with Crippen LogP contribution in [0.15, 0.2) is 18.7 Å². The number of nitrogens with zero attached hydrogens (tertiary/aromatic N) is 1. The van der Waals surface area contributed by atoms with E-state index in [2.05, 4.69) is 6.58 Å². The van der Waals surface area contributed by atoms with Crippen molar-refractivity contribution in [3.05, 3.63) is 45.8 Å². The van der Waals surface area contributed by atoms with Crippen LogP contribution < -0.4 is 0 Å². The summed E-state index contributed by atoms with van der Waals surface area (Å²) in [5.74, 6) is -0.450. The molecule has 74 valence electrons. The molecule has 1 aromatic rings. The Morgan fingerprint density at radius 1 is 1.57 bits per heavy atom. The van der Waals surface area contributed by atoms with E-state index in [1.54, 1.807) is 6.92 Å². The van der Waals surface area contributed by atoms with E-state index < -0.39 is 10.7 Å². The van der Waals surface area contributed by atoms with Gasteiger partial charge in [0.2, 0.25) is 0 Å². The van der Waals surface area contributed by atoms with E-state index in [9.17, 15) is 14.5 Å². The molecule has 0 aliphatic heterocycles. The van der Waals surface area contributed by atoms with Gasteiger partial charge >= 0.3 is 0 Å². The number of rotatable bonds is 2. The van der Waals surface area contributed by atoms with Crippen LogP contribution in [-0.2, 0) is 0 Å². The van der Waals surface area contributed by atoms with Crippen LogP contribution in [0, 0.1) is 22.9 Å². The Kier molecular flexibility index (Phi) is 2.65. The highest BCUT2D eigenvalue weighted by Crippen LogP contribution is 2.27.